The first kappa shape index (κ1) is 13.5. The van der Waals surface area contributed by atoms with E-state index in [2.05, 4.69) is 19.1 Å². The van der Waals surface area contributed by atoms with Gasteiger partial charge in [-0.15, -0.1) is 11.6 Å². The van der Waals surface area contributed by atoms with Crippen LogP contribution in [0.1, 0.15) is 24.0 Å². The number of aryl methyl sites for hydroxylation is 1. The number of alkyl halides is 1. The van der Waals surface area contributed by atoms with Crippen molar-refractivity contribution in [3.63, 3.8) is 0 Å². The summed E-state index contributed by atoms with van der Waals surface area (Å²) in [7, 11) is 3.33. The van der Waals surface area contributed by atoms with Crippen LogP contribution in [0.25, 0.3) is 0 Å². The Labute approximate surface area is 103 Å². The summed E-state index contributed by atoms with van der Waals surface area (Å²) >= 11 is 5.72. The summed E-state index contributed by atoms with van der Waals surface area (Å²) in [6, 6.07) is 8.19. The molecule has 0 N–H and O–H groups in total. The first-order chi connectivity index (χ1) is 7.68. The van der Waals surface area contributed by atoms with E-state index in [4.69, 9.17) is 21.1 Å². The monoisotopic (exact) mass is 242 g/mol. The van der Waals surface area contributed by atoms with Gasteiger partial charge in [0.1, 0.15) is 0 Å². The molecule has 1 aromatic rings. The molecule has 0 bridgehead atoms. The molecule has 0 fully saturated rings. The fourth-order valence-electron chi connectivity index (χ4n) is 1.77. The summed E-state index contributed by atoms with van der Waals surface area (Å²) < 4.78 is 11.1. The minimum Gasteiger partial charge on any atom is -0.349 e. The van der Waals surface area contributed by atoms with E-state index in [9.17, 15) is 0 Å². The lowest BCUT2D eigenvalue weighted by Crippen LogP contribution is -2.30. The van der Waals surface area contributed by atoms with Crippen molar-refractivity contribution in [2.24, 2.45) is 0 Å². The molecule has 0 aromatic heterocycles. The van der Waals surface area contributed by atoms with E-state index in [1.165, 1.54) is 5.56 Å². The molecule has 0 heterocycles. The third kappa shape index (κ3) is 2.97. The molecule has 0 saturated heterocycles. The van der Waals surface area contributed by atoms with Crippen molar-refractivity contribution in [1.29, 1.82) is 0 Å². The molecule has 0 aliphatic heterocycles. The summed E-state index contributed by atoms with van der Waals surface area (Å²) in [4.78, 5) is 0. The molecule has 1 aromatic carbocycles. The van der Waals surface area contributed by atoms with Gasteiger partial charge in [-0.1, -0.05) is 29.8 Å². The van der Waals surface area contributed by atoms with Crippen LogP contribution in [0.15, 0.2) is 24.3 Å². The largest absolute Gasteiger partial charge is 0.349 e. The van der Waals surface area contributed by atoms with Gasteiger partial charge in [-0.25, -0.2) is 0 Å². The second-order valence-electron chi connectivity index (χ2n) is 3.82. The Hall–Kier alpha value is -0.570. The van der Waals surface area contributed by atoms with Gasteiger partial charge in [0.2, 0.25) is 0 Å². The van der Waals surface area contributed by atoms with Crippen LogP contribution in [0.5, 0.6) is 0 Å². The van der Waals surface area contributed by atoms with Crippen LogP contribution in [0.3, 0.4) is 0 Å². The van der Waals surface area contributed by atoms with Gasteiger partial charge in [0.05, 0.1) is 0 Å². The molecule has 0 saturated carbocycles. The molecule has 0 spiro atoms. The van der Waals surface area contributed by atoms with Gasteiger partial charge in [0.25, 0.3) is 0 Å². The standard InChI is InChI=1S/C13H19ClO2/c1-11-5-7-12(8-6-11)13(15-2,16-3)9-4-10-14/h5-8H,4,9-10H2,1-3H3. The van der Waals surface area contributed by atoms with E-state index >= 15 is 0 Å². The maximum absolute atomic E-state index is 5.72. The van der Waals surface area contributed by atoms with Crippen molar-refractivity contribution in [3.05, 3.63) is 35.4 Å². The molecule has 90 valence electrons. The van der Waals surface area contributed by atoms with E-state index < -0.39 is 5.79 Å². The van der Waals surface area contributed by atoms with Gasteiger partial charge in [-0.2, -0.15) is 0 Å². The molecule has 0 unspecified atom stereocenters. The van der Waals surface area contributed by atoms with Gasteiger partial charge in [0, 0.05) is 32.1 Å². The van der Waals surface area contributed by atoms with Crippen LogP contribution in [0.2, 0.25) is 0 Å². The maximum Gasteiger partial charge on any atom is 0.194 e. The Morgan fingerprint density at radius 1 is 1.12 bits per heavy atom. The average Bonchev–Trinajstić information content (AvgIpc) is 2.33. The fourth-order valence-corrected chi connectivity index (χ4v) is 1.91. The van der Waals surface area contributed by atoms with Gasteiger partial charge >= 0.3 is 0 Å². The number of methoxy groups -OCH3 is 2. The first-order valence-electron chi connectivity index (χ1n) is 5.42. The molecule has 1 rings (SSSR count). The van der Waals surface area contributed by atoms with E-state index in [1.54, 1.807) is 14.2 Å². The number of ether oxygens (including phenoxy) is 2. The number of hydrogen-bond donors (Lipinski definition) is 0. The summed E-state index contributed by atoms with van der Waals surface area (Å²) in [5.41, 5.74) is 2.26. The second kappa shape index (κ2) is 6.24. The zero-order valence-corrected chi connectivity index (χ0v) is 10.9. The van der Waals surface area contributed by atoms with Gasteiger partial charge in [-0.3, -0.25) is 0 Å². The predicted octanol–water partition coefficient (Wildman–Crippen LogP) is 3.46. The van der Waals surface area contributed by atoms with Crippen LogP contribution in [-0.4, -0.2) is 20.1 Å². The Balaban J connectivity index is 2.95. The Kier molecular flexibility index (Phi) is 5.26. The zero-order valence-electron chi connectivity index (χ0n) is 10.1. The van der Waals surface area contributed by atoms with E-state index in [-0.39, 0.29) is 0 Å². The van der Waals surface area contributed by atoms with Crippen molar-refractivity contribution in [3.8, 4) is 0 Å². The zero-order chi connectivity index (χ0) is 12.0. The predicted molar refractivity (Wildman–Crippen MR) is 66.8 cm³/mol. The highest BCUT2D eigenvalue weighted by molar-refractivity contribution is 6.17. The third-order valence-electron chi connectivity index (χ3n) is 2.79. The Morgan fingerprint density at radius 2 is 1.69 bits per heavy atom. The van der Waals surface area contributed by atoms with Crippen molar-refractivity contribution in [1.82, 2.24) is 0 Å². The highest BCUT2D eigenvalue weighted by Gasteiger charge is 2.31. The number of halogens is 1. The normalized spacial score (nSPS) is 11.8. The summed E-state index contributed by atoms with van der Waals surface area (Å²) in [6.45, 7) is 2.06. The quantitative estimate of drug-likeness (QED) is 0.562. The van der Waals surface area contributed by atoms with Crippen LogP contribution < -0.4 is 0 Å². The summed E-state index contributed by atoms with van der Waals surface area (Å²) in [6.07, 6.45) is 1.61. The molecular formula is C13H19ClO2. The highest BCUT2D eigenvalue weighted by Crippen LogP contribution is 2.31. The minimum atomic E-state index is -0.664. The molecule has 0 atom stereocenters. The Morgan fingerprint density at radius 3 is 2.12 bits per heavy atom. The SMILES string of the molecule is COC(CCCCl)(OC)c1ccc(C)cc1. The first-order valence-corrected chi connectivity index (χ1v) is 5.95. The molecule has 0 aliphatic carbocycles. The maximum atomic E-state index is 5.72. The average molecular weight is 243 g/mol. The van der Waals surface area contributed by atoms with Crippen LogP contribution in [-0.2, 0) is 15.3 Å². The summed E-state index contributed by atoms with van der Waals surface area (Å²) in [5, 5.41) is 0. The second-order valence-corrected chi connectivity index (χ2v) is 4.20. The van der Waals surface area contributed by atoms with Gasteiger partial charge in [0.15, 0.2) is 5.79 Å². The molecule has 3 heteroatoms. The van der Waals surface area contributed by atoms with E-state index in [0.717, 1.165) is 18.4 Å². The lowest BCUT2D eigenvalue weighted by Gasteiger charge is -2.31. The lowest BCUT2D eigenvalue weighted by molar-refractivity contribution is -0.220. The lowest BCUT2D eigenvalue weighted by atomic mass is 9.99. The topological polar surface area (TPSA) is 18.5 Å². The van der Waals surface area contributed by atoms with Crippen molar-refractivity contribution in [2.75, 3.05) is 20.1 Å². The number of hydrogen-bond acceptors (Lipinski definition) is 2. The van der Waals surface area contributed by atoms with Crippen LogP contribution in [0.4, 0.5) is 0 Å². The van der Waals surface area contributed by atoms with Crippen molar-refractivity contribution >= 4 is 11.6 Å². The molecule has 0 amide bonds. The van der Waals surface area contributed by atoms with Crippen molar-refractivity contribution < 1.29 is 9.47 Å². The minimum absolute atomic E-state index is 0.611. The van der Waals surface area contributed by atoms with Crippen LogP contribution >= 0.6 is 11.6 Å². The van der Waals surface area contributed by atoms with E-state index in [0.29, 0.717) is 5.88 Å². The van der Waals surface area contributed by atoms with E-state index in [1.807, 2.05) is 12.1 Å². The van der Waals surface area contributed by atoms with Crippen molar-refractivity contribution in [2.45, 2.75) is 25.6 Å². The molecule has 0 radical (unpaired) electrons. The van der Waals surface area contributed by atoms with Crippen LogP contribution in [0, 0.1) is 6.92 Å². The number of rotatable bonds is 6. The molecular weight excluding hydrogens is 224 g/mol. The highest BCUT2D eigenvalue weighted by atomic mass is 35.5. The van der Waals surface area contributed by atoms with Gasteiger partial charge in [-0.05, 0) is 13.3 Å². The third-order valence-corrected chi connectivity index (χ3v) is 3.06. The summed E-state index contributed by atoms with van der Waals surface area (Å²) in [5.74, 6) is -0.0527. The van der Waals surface area contributed by atoms with Gasteiger partial charge < -0.3 is 9.47 Å². The molecule has 0 aliphatic rings. The molecule has 2 nitrogen and oxygen atoms in total. The fraction of sp³-hybridized carbons (Fsp3) is 0.538. The number of benzene rings is 1. The molecule has 16 heavy (non-hydrogen) atoms. The smallest absolute Gasteiger partial charge is 0.194 e. The Bertz CT molecular complexity index is 304.